The molecule has 0 amide bonds. The Labute approximate surface area is 177 Å². The van der Waals surface area contributed by atoms with E-state index in [0.29, 0.717) is 24.4 Å². The van der Waals surface area contributed by atoms with Crippen molar-refractivity contribution in [2.24, 2.45) is 0 Å². The number of anilines is 2. The zero-order valence-electron chi connectivity index (χ0n) is 17.1. The Bertz CT molecular complexity index is 754. The van der Waals surface area contributed by atoms with Gasteiger partial charge in [0.2, 0.25) is 0 Å². The molecule has 2 aromatic carbocycles. The minimum absolute atomic E-state index is 0.376. The minimum atomic E-state index is 0.376. The van der Waals surface area contributed by atoms with Crippen molar-refractivity contribution in [1.29, 1.82) is 0 Å². The highest BCUT2D eigenvalue weighted by Gasteiger charge is 2.32. The van der Waals surface area contributed by atoms with E-state index in [2.05, 4.69) is 58.3 Å². The first-order valence-electron chi connectivity index (χ1n) is 11.0. The second kappa shape index (κ2) is 7.85. The summed E-state index contributed by atoms with van der Waals surface area (Å²) in [6, 6.07) is 17.7. The zero-order chi connectivity index (χ0) is 19.9. The number of nitrogens with zero attached hydrogens (tertiary/aromatic N) is 2. The molecule has 4 unspecified atom stereocenters. The molecule has 0 aliphatic carbocycles. The number of hydrogen-bond acceptors (Lipinski definition) is 6. The van der Waals surface area contributed by atoms with E-state index in [1.54, 1.807) is 0 Å². The summed E-state index contributed by atoms with van der Waals surface area (Å²) in [4.78, 5) is 4.78. The molecule has 0 saturated carbocycles. The van der Waals surface area contributed by atoms with Gasteiger partial charge in [0.25, 0.3) is 0 Å². The summed E-state index contributed by atoms with van der Waals surface area (Å²) in [5.74, 6) is 0. The van der Waals surface area contributed by atoms with E-state index in [-0.39, 0.29) is 0 Å². The van der Waals surface area contributed by atoms with Crippen LogP contribution in [0.2, 0.25) is 0 Å². The average Bonchev–Trinajstić information content (AvgIpc) is 3.62. The van der Waals surface area contributed by atoms with E-state index < -0.39 is 0 Å². The molecule has 6 heteroatoms. The van der Waals surface area contributed by atoms with Gasteiger partial charge in [0.15, 0.2) is 0 Å². The molecule has 158 valence electrons. The number of benzene rings is 2. The predicted molar refractivity (Wildman–Crippen MR) is 115 cm³/mol. The van der Waals surface area contributed by atoms with Gasteiger partial charge in [-0.25, -0.2) is 0 Å². The molecule has 4 aliphatic rings. The molecule has 6 rings (SSSR count). The third-order valence-electron chi connectivity index (χ3n) is 6.10. The van der Waals surface area contributed by atoms with Gasteiger partial charge in [-0.05, 0) is 35.4 Å². The first-order chi connectivity index (χ1) is 14.8. The lowest BCUT2D eigenvalue weighted by molar-refractivity contribution is 0.388. The SMILES string of the molecule is c1cc(N(CC2CO2)CC2CO2)ccc1-c1ccc(N(CC2CO2)CC2CO2)cc1. The Morgan fingerprint density at radius 3 is 1.00 bits per heavy atom. The standard InChI is InChI=1S/C24H28N2O4/c1-5-19(25(9-21-13-27-21)10-22-14-28-22)6-2-17(1)18-3-7-20(8-4-18)26(11-23-15-29-23)12-24-16-30-24/h1-8,21-24H,9-16H2. The van der Waals surface area contributed by atoms with Gasteiger partial charge in [0.1, 0.15) is 0 Å². The van der Waals surface area contributed by atoms with E-state index in [0.717, 1.165) is 52.6 Å². The minimum Gasteiger partial charge on any atom is -0.371 e. The first-order valence-corrected chi connectivity index (χ1v) is 11.0. The summed E-state index contributed by atoms with van der Waals surface area (Å²) in [6.07, 6.45) is 1.50. The molecular weight excluding hydrogens is 380 g/mol. The topological polar surface area (TPSA) is 56.6 Å². The highest BCUT2D eigenvalue weighted by atomic mass is 16.6. The molecule has 4 saturated heterocycles. The maximum atomic E-state index is 5.44. The Kier molecular flexibility index (Phi) is 4.88. The third-order valence-corrected chi connectivity index (χ3v) is 6.10. The van der Waals surface area contributed by atoms with Crippen molar-refractivity contribution in [3.05, 3.63) is 48.5 Å². The highest BCUT2D eigenvalue weighted by Crippen LogP contribution is 2.29. The van der Waals surface area contributed by atoms with Crippen LogP contribution >= 0.6 is 0 Å². The lowest BCUT2D eigenvalue weighted by atomic mass is 10.0. The molecule has 4 aliphatic heterocycles. The average molecular weight is 408 g/mol. The Morgan fingerprint density at radius 1 is 0.500 bits per heavy atom. The summed E-state index contributed by atoms with van der Waals surface area (Å²) in [5.41, 5.74) is 4.94. The summed E-state index contributed by atoms with van der Waals surface area (Å²) in [6.45, 7) is 7.29. The van der Waals surface area contributed by atoms with E-state index in [4.69, 9.17) is 18.9 Å². The lowest BCUT2D eigenvalue weighted by Crippen LogP contribution is -2.31. The van der Waals surface area contributed by atoms with Crippen molar-refractivity contribution in [1.82, 2.24) is 0 Å². The van der Waals surface area contributed by atoms with Crippen LogP contribution in [-0.2, 0) is 18.9 Å². The molecule has 0 spiro atoms. The maximum absolute atomic E-state index is 5.44. The number of hydrogen-bond donors (Lipinski definition) is 0. The van der Waals surface area contributed by atoms with Crippen LogP contribution in [0.25, 0.3) is 11.1 Å². The number of epoxide rings is 4. The Hall–Kier alpha value is -2.12. The van der Waals surface area contributed by atoms with Gasteiger partial charge in [0, 0.05) is 37.6 Å². The quantitative estimate of drug-likeness (QED) is 0.533. The zero-order valence-corrected chi connectivity index (χ0v) is 17.1. The molecule has 0 aromatic heterocycles. The molecule has 4 fully saturated rings. The van der Waals surface area contributed by atoms with E-state index >= 15 is 0 Å². The molecular formula is C24H28N2O4. The smallest absolute Gasteiger partial charge is 0.0984 e. The maximum Gasteiger partial charge on any atom is 0.0984 e. The van der Waals surface area contributed by atoms with Crippen LogP contribution in [0.5, 0.6) is 0 Å². The second-order valence-corrected chi connectivity index (χ2v) is 8.73. The molecule has 0 N–H and O–H groups in total. The van der Waals surface area contributed by atoms with Gasteiger partial charge in [0.05, 0.1) is 50.8 Å². The number of ether oxygens (including phenoxy) is 4. The summed E-state index contributed by atoms with van der Waals surface area (Å²) in [7, 11) is 0. The van der Waals surface area contributed by atoms with Gasteiger partial charge >= 0.3 is 0 Å². The third kappa shape index (κ3) is 4.78. The van der Waals surface area contributed by atoms with Crippen LogP contribution in [0.15, 0.2) is 48.5 Å². The fourth-order valence-corrected chi connectivity index (χ4v) is 3.98. The Balaban J connectivity index is 1.14. The van der Waals surface area contributed by atoms with Crippen LogP contribution in [0, 0.1) is 0 Å². The van der Waals surface area contributed by atoms with Crippen molar-refractivity contribution >= 4 is 11.4 Å². The van der Waals surface area contributed by atoms with Gasteiger partial charge in [-0.2, -0.15) is 0 Å². The predicted octanol–water partition coefficient (Wildman–Crippen LogP) is 2.56. The van der Waals surface area contributed by atoms with Crippen molar-refractivity contribution in [3.63, 3.8) is 0 Å². The van der Waals surface area contributed by atoms with Crippen LogP contribution in [-0.4, -0.2) is 77.0 Å². The highest BCUT2D eigenvalue weighted by molar-refractivity contribution is 5.68. The molecule has 30 heavy (non-hydrogen) atoms. The Morgan fingerprint density at radius 2 is 0.767 bits per heavy atom. The van der Waals surface area contributed by atoms with Gasteiger partial charge in [-0.15, -0.1) is 0 Å². The fourth-order valence-electron chi connectivity index (χ4n) is 3.98. The summed E-state index contributed by atoms with van der Waals surface area (Å²) in [5, 5.41) is 0. The van der Waals surface area contributed by atoms with Crippen LogP contribution in [0.4, 0.5) is 11.4 Å². The molecule has 4 heterocycles. The first kappa shape index (κ1) is 18.6. The van der Waals surface area contributed by atoms with Gasteiger partial charge in [-0.1, -0.05) is 24.3 Å². The largest absolute Gasteiger partial charge is 0.371 e. The molecule has 6 nitrogen and oxygen atoms in total. The van der Waals surface area contributed by atoms with Crippen molar-refractivity contribution in [2.45, 2.75) is 24.4 Å². The van der Waals surface area contributed by atoms with E-state index in [1.165, 1.54) is 22.5 Å². The molecule has 0 radical (unpaired) electrons. The van der Waals surface area contributed by atoms with Crippen molar-refractivity contribution in [3.8, 4) is 11.1 Å². The van der Waals surface area contributed by atoms with Crippen molar-refractivity contribution in [2.75, 3.05) is 62.4 Å². The molecule has 0 bridgehead atoms. The summed E-state index contributed by atoms with van der Waals surface area (Å²) < 4.78 is 21.8. The van der Waals surface area contributed by atoms with Crippen LogP contribution in [0.1, 0.15) is 0 Å². The lowest BCUT2D eigenvalue weighted by Gasteiger charge is -2.24. The molecule has 4 atom stereocenters. The second-order valence-electron chi connectivity index (χ2n) is 8.73. The van der Waals surface area contributed by atoms with Gasteiger partial charge in [-0.3, -0.25) is 0 Å². The monoisotopic (exact) mass is 408 g/mol. The normalized spacial score (nSPS) is 28.1. The fraction of sp³-hybridized carbons (Fsp3) is 0.500. The van der Waals surface area contributed by atoms with Crippen molar-refractivity contribution < 1.29 is 18.9 Å². The molecule has 2 aromatic rings. The summed E-state index contributed by atoms with van der Waals surface area (Å²) >= 11 is 0. The van der Waals surface area contributed by atoms with Crippen LogP contribution in [0.3, 0.4) is 0 Å². The van der Waals surface area contributed by atoms with E-state index in [1.807, 2.05) is 0 Å². The van der Waals surface area contributed by atoms with Crippen LogP contribution < -0.4 is 9.80 Å². The van der Waals surface area contributed by atoms with E-state index in [9.17, 15) is 0 Å². The van der Waals surface area contributed by atoms with Gasteiger partial charge < -0.3 is 28.7 Å². The number of rotatable bonds is 11.